The molecule has 0 aromatic heterocycles. The molecule has 22 heavy (non-hydrogen) atoms. The lowest BCUT2D eigenvalue weighted by Crippen LogP contribution is -2.55. The molecule has 7 nitrogen and oxygen atoms in total. The first-order valence-electron chi connectivity index (χ1n) is 7.26. The molecule has 1 atom stereocenters. The fourth-order valence-electron chi connectivity index (χ4n) is 2.65. The molecule has 2 N–H and O–H groups in total. The van der Waals surface area contributed by atoms with Crippen LogP contribution in [0.1, 0.15) is 12.0 Å². The quantitative estimate of drug-likeness (QED) is 0.828. The van der Waals surface area contributed by atoms with Crippen molar-refractivity contribution < 1.29 is 24.2 Å². The fraction of sp³-hybridized carbons (Fsp3) is 0.467. The molecule has 2 aliphatic rings. The number of carbonyl (C=O) groups excluding carboxylic acids is 1. The summed E-state index contributed by atoms with van der Waals surface area (Å²) >= 11 is 0. The van der Waals surface area contributed by atoms with E-state index in [1.165, 1.54) is 0 Å². The van der Waals surface area contributed by atoms with E-state index < -0.39 is 12.0 Å². The van der Waals surface area contributed by atoms with E-state index in [1.54, 1.807) is 4.90 Å². The largest absolute Gasteiger partial charge is 0.480 e. The molecule has 1 fully saturated rings. The highest BCUT2D eigenvalue weighted by Crippen LogP contribution is 2.32. The van der Waals surface area contributed by atoms with Crippen LogP contribution >= 0.6 is 0 Å². The second-order valence-corrected chi connectivity index (χ2v) is 5.37. The minimum Gasteiger partial charge on any atom is -0.480 e. The van der Waals surface area contributed by atoms with Crippen molar-refractivity contribution in [3.05, 3.63) is 23.8 Å². The van der Waals surface area contributed by atoms with Crippen molar-refractivity contribution in [2.75, 3.05) is 26.4 Å². The third kappa shape index (κ3) is 3.14. The Morgan fingerprint density at radius 1 is 1.32 bits per heavy atom. The Morgan fingerprint density at radius 3 is 2.95 bits per heavy atom. The molecule has 0 unspecified atom stereocenters. The van der Waals surface area contributed by atoms with Gasteiger partial charge in [0.15, 0.2) is 11.5 Å². The highest BCUT2D eigenvalue weighted by molar-refractivity contribution is 5.79. The molecule has 0 saturated carbocycles. The average molecular weight is 306 g/mol. The van der Waals surface area contributed by atoms with E-state index in [2.05, 4.69) is 5.32 Å². The van der Waals surface area contributed by atoms with Crippen LogP contribution in [0.3, 0.4) is 0 Å². The smallest absolute Gasteiger partial charge is 0.322 e. The van der Waals surface area contributed by atoms with Crippen molar-refractivity contribution in [1.29, 1.82) is 0 Å². The number of hydrogen-bond donors (Lipinski definition) is 2. The second kappa shape index (κ2) is 6.23. The van der Waals surface area contributed by atoms with Gasteiger partial charge in [-0.3, -0.25) is 9.59 Å². The number of carboxylic acids is 1. The van der Waals surface area contributed by atoms with E-state index in [4.69, 9.17) is 14.6 Å². The monoisotopic (exact) mass is 306 g/mol. The number of carboxylic acid groups (broad SMARTS) is 1. The summed E-state index contributed by atoms with van der Waals surface area (Å²) in [5.74, 6) is 0.484. The predicted octanol–water partition coefficient (Wildman–Crippen LogP) is 0.233. The molecule has 2 aliphatic heterocycles. The van der Waals surface area contributed by atoms with E-state index in [9.17, 15) is 9.59 Å². The van der Waals surface area contributed by atoms with Gasteiger partial charge < -0.3 is 24.8 Å². The molecular formula is C15H18N2O5. The van der Waals surface area contributed by atoms with Gasteiger partial charge in [-0.15, -0.1) is 0 Å². The predicted molar refractivity (Wildman–Crippen MR) is 76.9 cm³/mol. The van der Waals surface area contributed by atoms with E-state index in [0.29, 0.717) is 31.7 Å². The molecule has 2 heterocycles. The van der Waals surface area contributed by atoms with Gasteiger partial charge >= 0.3 is 5.97 Å². The Bertz CT molecular complexity index is 589. The van der Waals surface area contributed by atoms with Crippen LogP contribution in [0.4, 0.5) is 0 Å². The Hall–Kier alpha value is -2.28. The van der Waals surface area contributed by atoms with Gasteiger partial charge in [0.1, 0.15) is 6.04 Å². The average Bonchev–Trinajstić information content (AvgIpc) is 3.00. The maximum Gasteiger partial charge on any atom is 0.322 e. The maximum atomic E-state index is 12.2. The van der Waals surface area contributed by atoms with Crippen molar-refractivity contribution in [1.82, 2.24) is 10.2 Å². The number of aliphatic carboxylic acids is 1. The lowest BCUT2D eigenvalue weighted by molar-refractivity contribution is -0.142. The summed E-state index contributed by atoms with van der Waals surface area (Å²) in [6.07, 6.45) is 0.948. The van der Waals surface area contributed by atoms with Crippen LogP contribution in [-0.2, 0) is 16.0 Å². The first-order chi connectivity index (χ1) is 10.6. The third-order valence-electron chi connectivity index (χ3n) is 3.89. The van der Waals surface area contributed by atoms with Crippen molar-refractivity contribution in [3.63, 3.8) is 0 Å². The van der Waals surface area contributed by atoms with Crippen LogP contribution < -0.4 is 14.8 Å². The van der Waals surface area contributed by atoms with Crippen LogP contribution in [0.25, 0.3) is 0 Å². The maximum absolute atomic E-state index is 12.2. The Morgan fingerprint density at radius 2 is 2.14 bits per heavy atom. The Labute approximate surface area is 127 Å². The topological polar surface area (TPSA) is 88.1 Å². The summed E-state index contributed by atoms with van der Waals surface area (Å²) in [6, 6.07) is 4.96. The van der Waals surface area contributed by atoms with Crippen LogP contribution in [0.15, 0.2) is 18.2 Å². The second-order valence-electron chi connectivity index (χ2n) is 5.37. The van der Waals surface area contributed by atoms with Crippen LogP contribution in [0, 0.1) is 0 Å². The van der Waals surface area contributed by atoms with Crippen LogP contribution in [-0.4, -0.2) is 54.4 Å². The number of carbonyl (C=O) groups is 2. The van der Waals surface area contributed by atoms with Crippen molar-refractivity contribution in [3.8, 4) is 11.5 Å². The number of hydrogen-bond acceptors (Lipinski definition) is 5. The number of benzene rings is 1. The highest BCUT2D eigenvalue weighted by Gasteiger charge is 2.27. The van der Waals surface area contributed by atoms with E-state index in [-0.39, 0.29) is 19.2 Å². The van der Waals surface area contributed by atoms with Gasteiger partial charge in [0.25, 0.3) is 0 Å². The zero-order valence-corrected chi connectivity index (χ0v) is 12.1. The van der Waals surface area contributed by atoms with Gasteiger partial charge in [0.05, 0.1) is 0 Å². The van der Waals surface area contributed by atoms with Gasteiger partial charge in [-0.25, -0.2) is 0 Å². The minimum atomic E-state index is -0.923. The molecule has 1 aromatic carbocycles. The number of ether oxygens (including phenoxy) is 2. The number of piperazine rings is 1. The molecule has 3 rings (SSSR count). The number of nitrogens with one attached hydrogen (secondary N) is 1. The van der Waals surface area contributed by atoms with Gasteiger partial charge in [-0.05, 0) is 24.1 Å². The number of fused-ring (bicyclic) bond motifs is 1. The highest BCUT2D eigenvalue weighted by atomic mass is 16.7. The Balaban J connectivity index is 1.54. The summed E-state index contributed by atoms with van der Waals surface area (Å²) in [7, 11) is 0. The summed E-state index contributed by atoms with van der Waals surface area (Å²) in [6.45, 7) is 1.50. The van der Waals surface area contributed by atoms with E-state index >= 15 is 0 Å². The van der Waals surface area contributed by atoms with Gasteiger partial charge in [-0.1, -0.05) is 6.07 Å². The first-order valence-corrected chi connectivity index (χ1v) is 7.26. The number of aryl methyl sites for hydroxylation is 1. The standard InChI is InChI=1S/C15H18N2O5/c18-14(17-6-5-16-11(8-17)15(19)20)4-2-10-1-3-12-13(7-10)22-9-21-12/h1,3,7,11,16H,2,4-6,8-9H2,(H,19,20)/t11-/m1/s1. The van der Waals surface area contributed by atoms with Gasteiger partial charge in [0, 0.05) is 26.1 Å². The van der Waals surface area contributed by atoms with Crippen molar-refractivity contribution in [2.45, 2.75) is 18.9 Å². The zero-order valence-electron chi connectivity index (χ0n) is 12.1. The zero-order chi connectivity index (χ0) is 15.5. The van der Waals surface area contributed by atoms with Crippen LogP contribution in [0.5, 0.6) is 11.5 Å². The van der Waals surface area contributed by atoms with Gasteiger partial charge in [0.2, 0.25) is 12.7 Å². The molecule has 0 bridgehead atoms. The SMILES string of the molecule is O=C(O)[C@H]1CN(C(=O)CCc2ccc3c(c2)OCO3)CCN1. The molecule has 1 aromatic rings. The Kier molecular flexibility index (Phi) is 4.15. The van der Waals surface area contributed by atoms with Gasteiger partial charge in [-0.2, -0.15) is 0 Å². The van der Waals surface area contributed by atoms with E-state index in [1.807, 2.05) is 18.2 Å². The summed E-state index contributed by atoms with van der Waals surface area (Å²) in [4.78, 5) is 24.8. The summed E-state index contributed by atoms with van der Waals surface area (Å²) < 4.78 is 10.6. The number of rotatable bonds is 4. The molecule has 7 heteroatoms. The van der Waals surface area contributed by atoms with Crippen LogP contribution in [0.2, 0.25) is 0 Å². The number of amides is 1. The number of nitrogens with zero attached hydrogens (tertiary/aromatic N) is 1. The third-order valence-corrected chi connectivity index (χ3v) is 3.89. The lowest BCUT2D eigenvalue weighted by Gasteiger charge is -2.31. The molecule has 0 spiro atoms. The minimum absolute atomic E-state index is 0.0228. The normalized spacial score (nSPS) is 20.0. The molecular weight excluding hydrogens is 288 g/mol. The first kappa shape index (κ1) is 14.6. The van der Waals surface area contributed by atoms with Crippen molar-refractivity contribution in [2.24, 2.45) is 0 Å². The molecule has 1 amide bonds. The van der Waals surface area contributed by atoms with Crippen molar-refractivity contribution >= 4 is 11.9 Å². The van der Waals surface area contributed by atoms with E-state index in [0.717, 1.165) is 11.3 Å². The molecule has 118 valence electrons. The summed E-state index contributed by atoms with van der Waals surface area (Å²) in [5, 5.41) is 11.9. The fourth-order valence-corrected chi connectivity index (χ4v) is 2.65. The summed E-state index contributed by atoms with van der Waals surface area (Å²) in [5.41, 5.74) is 1.00. The molecule has 0 radical (unpaired) electrons. The molecule has 1 saturated heterocycles. The lowest BCUT2D eigenvalue weighted by atomic mass is 10.1. The molecule has 0 aliphatic carbocycles.